The number of ether oxygens (including phenoxy) is 2. The van der Waals surface area contributed by atoms with E-state index in [1.165, 1.54) is 0 Å². The highest BCUT2D eigenvalue weighted by Gasteiger charge is 1.93. The second-order valence-corrected chi connectivity index (χ2v) is 1.94. The van der Waals surface area contributed by atoms with Crippen LogP contribution in [0.4, 0.5) is 0 Å². The molecule has 0 saturated carbocycles. The lowest BCUT2D eigenvalue weighted by molar-refractivity contribution is -0.116. The molecule has 0 heterocycles. The molecule has 0 aliphatic heterocycles. The highest BCUT2D eigenvalue weighted by Crippen LogP contribution is 1.82. The molecule has 10 heavy (non-hydrogen) atoms. The van der Waals surface area contributed by atoms with E-state index in [-0.39, 0.29) is 6.61 Å². The Morgan fingerprint density at radius 1 is 1.40 bits per heavy atom. The maximum Gasteiger partial charge on any atom is 0.247 e. The molecule has 59 valence electrons. The van der Waals surface area contributed by atoms with Gasteiger partial charge < -0.3 is 9.47 Å². The smallest absolute Gasteiger partial charge is 0.247 e. The summed E-state index contributed by atoms with van der Waals surface area (Å²) >= 11 is 4.97. The van der Waals surface area contributed by atoms with Gasteiger partial charge in [-0.25, -0.2) is 0 Å². The number of hydrogen-bond donors (Lipinski definition) is 0. The molecule has 4 heteroatoms. The average molecular weight is 166 g/mol. The normalized spacial score (nSPS) is 9.80. The number of carbonyl (C=O) groups is 1. The summed E-state index contributed by atoms with van der Waals surface area (Å²) in [5.41, 5.74) is 0. The number of hydrogen-bond acceptors (Lipinski definition) is 3. The van der Waals surface area contributed by atoms with E-state index in [9.17, 15) is 4.79 Å². The number of carbonyl (C=O) groups excluding carboxylic acids is 1. The van der Waals surface area contributed by atoms with Crippen LogP contribution in [0.3, 0.4) is 0 Å². The first-order valence-electron chi connectivity index (χ1n) is 2.90. The molecule has 0 aliphatic rings. The Balaban J connectivity index is 2.84. The van der Waals surface area contributed by atoms with Crippen molar-refractivity contribution in [2.24, 2.45) is 0 Å². The fraction of sp³-hybridized carbons (Fsp3) is 0.667. The van der Waals surface area contributed by atoms with Crippen LogP contribution in [0.25, 0.3) is 0 Å². The van der Waals surface area contributed by atoms with Crippen molar-refractivity contribution in [3.05, 3.63) is 6.92 Å². The Kier molecular flexibility index (Phi) is 6.91. The van der Waals surface area contributed by atoms with Gasteiger partial charge in [-0.2, -0.15) is 0 Å². The van der Waals surface area contributed by atoms with E-state index in [4.69, 9.17) is 21.1 Å². The van der Waals surface area contributed by atoms with Crippen LogP contribution in [-0.2, 0) is 14.3 Å². The van der Waals surface area contributed by atoms with E-state index < -0.39 is 5.24 Å². The van der Waals surface area contributed by atoms with Gasteiger partial charge in [-0.3, -0.25) is 4.79 Å². The first-order chi connectivity index (χ1) is 4.77. The highest BCUT2D eigenvalue weighted by molar-refractivity contribution is 6.63. The van der Waals surface area contributed by atoms with Crippen LogP contribution in [-0.4, -0.2) is 31.7 Å². The molecule has 0 bridgehead atoms. The fourth-order valence-electron chi connectivity index (χ4n) is 0.372. The van der Waals surface area contributed by atoms with Crippen LogP contribution in [0.5, 0.6) is 0 Å². The molecule has 3 nitrogen and oxygen atoms in total. The van der Waals surface area contributed by atoms with Crippen LogP contribution in [0, 0.1) is 6.92 Å². The fourth-order valence-corrected chi connectivity index (χ4v) is 0.449. The molecule has 0 aromatic rings. The van der Waals surface area contributed by atoms with Gasteiger partial charge in [-0.1, -0.05) is 0 Å². The maximum absolute atomic E-state index is 10.1. The van der Waals surface area contributed by atoms with Crippen LogP contribution in [0.15, 0.2) is 0 Å². The Morgan fingerprint density at radius 2 is 2.00 bits per heavy atom. The van der Waals surface area contributed by atoms with Crippen molar-refractivity contribution in [1.82, 2.24) is 0 Å². The van der Waals surface area contributed by atoms with Gasteiger partial charge in [0.15, 0.2) is 0 Å². The Morgan fingerprint density at radius 3 is 2.50 bits per heavy atom. The summed E-state index contributed by atoms with van der Waals surface area (Å²) in [6.07, 6.45) is 0. The predicted octanol–water partition coefficient (Wildman–Crippen LogP) is 0.619. The van der Waals surface area contributed by atoms with Crippen molar-refractivity contribution in [2.45, 2.75) is 0 Å². The van der Waals surface area contributed by atoms with Crippen molar-refractivity contribution < 1.29 is 14.3 Å². The van der Waals surface area contributed by atoms with Crippen molar-refractivity contribution in [3.8, 4) is 0 Å². The quantitative estimate of drug-likeness (QED) is 0.428. The van der Waals surface area contributed by atoms with Crippen LogP contribution in [0.2, 0.25) is 0 Å². The third-order valence-electron chi connectivity index (χ3n) is 0.732. The molecule has 0 N–H and O–H groups in total. The minimum Gasteiger partial charge on any atom is -0.379 e. The largest absolute Gasteiger partial charge is 0.379 e. The zero-order valence-electron chi connectivity index (χ0n) is 5.64. The third kappa shape index (κ3) is 7.88. The molecule has 0 saturated heterocycles. The molecule has 1 radical (unpaired) electrons. The van der Waals surface area contributed by atoms with Crippen LogP contribution < -0.4 is 0 Å². The molecule has 0 aliphatic carbocycles. The number of halogens is 1. The first-order valence-corrected chi connectivity index (χ1v) is 3.28. The van der Waals surface area contributed by atoms with Crippen LogP contribution in [0.1, 0.15) is 0 Å². The average Bonchev–Trinajstić information content (AvgIpc) is 1.87. The minimum absolute atomic E-state index is 0.0535. The zero-order chi connectivity index (χ0) is 7.82. The first kappa shape index (κ1) is 9.88. The van der Waals surface area contributed by atoms with Gasteiger partial charge in [0.2, 0.25) is 5.24 Å². The minimum atomic E-state index is -0.491. The zero-order valence-corrected chi connectivity index (χ0v) is 6.39. The van der Waals surface area contributed by atoms with Gasteiger partial charge in [-0.05, 0) is 18.5 Å². The van der Waals surface area contributed by atoms with Crippen molar-refractivity contribution >= 4 is 16.8 Å². The Hall–Kier alpha value is -0.120. The summed E-state index contributed by atoms with van der Waals surface area (Å²) in [5.74, 6) is 0. The summed E-state index contributed by atoms with van der Waals surface area (Å²) in [6, 6.07) is 0. The lowest BCUT2D eigenvalue weighted by Gasteiger charge is -1.99. The summed E-state index contributed by atoms with van der Waals surface area (Å²) in [4.78, 5) is 10.1. The highest BCUT2D eigenvalue weighted by atomic mass is 35.5. The predicted molar refractivity (Wildman–Crippen MR) is 37.9 cm³/mol. The topological polar surface area (TPSA) is 35.5 Å². The molecular weight excluding hydrogens is 156 g/mol. The summed E-state index contributed by atoms with van der Waals surface area (Å²) < 4.78 is 9.59. The SMILES string of the molecule is [CH2]COCCOCC(=O)Cl. The summed E-state index contributed by atoms with van der Waals surface area (Å²) in [7, 11) is 0. The molecule has 0 atom stereocenters. The lowest BCUT2D eigenvalue weighted by atomic mass is 10.7. The second kappa shape index (κ2) is 6.99. The van der Waals surface area contributed by atoms with Gasteiger partial charge >= 0.3 is 0 Å². The van der Waals surface area contributed by atoms with E-state index in [1.807, 2.05) is 0 Å². The van der Waals surface area contributed by atoms with Crippen molar-refractivity contribution in [3.63, 3.8) is 0 Å². The van der Waals surface area contributed by atoms with Crippen molar-refractivity contribution in [1.29, 1.82) is 0 Å². The monoisotopic (exact) mass is 165 g/mol. The second-order valence-electron chi connectivity index (χ2n) is 1.52. The van der Waals surface area contributed by atoms with E-state index in [2.05, 4.69) is 6.92 Å². The van der Waals surface area contributed by atoms with E-state index >= 15 is 0 Å². The van der Waals surface area contributed by atoms with Gasteiger partial charge in [0, 0.05) is 6.61 Å². The van der Waals surface area contributed by atoms with Gasteiger partial charge in [0.25, 0.3) is 0 Å². The van der Waals surface area contributed by atoms with Gasteiger partial charge in [0.05, 0.1) is 13.2 Å². The molecule has 0 spiro atoms. The Labute approximate surface area is 65.3 Å². The summed E-state index contributed by atoms with van der Waals surface area (Å²) in [6.45, 7) is 4.64. The molecule has 0 unspecified atom stereocenters. The van der Waals surface area contributed by atoms with Gasteiger partial charge in [-0.15, -0.1) is 0 Å². The van der Waals surface area contributed by atoms with Crippen LogP contribution >= 0.6 is 11.6 Å². The molecule has 0 aromatic carbocycles. The molecule has 0 aromatic heterocycles. The summed E-state index contributed by atoms with van der Waals surface area (Å²) in [5, 5.41) is -0.491. The Bertz CT molecular complexity index is 95.0. The van der Waals surface area contributed by atoms with E-state index in [0.717, 1.165) is 0 Å². The third-order valence-corrected chi connectivity index (χ3v) is 0.841. The maximum atomic E-state index is 10.1. The molecule has 0 fully saturated rings. The molecular formula is C6H10ClO3. The molecule has 0 rings (SSSR count). The lowest BCUT2D eigenvalue weighted by Crippen LogP contribution is -2.08. The molecule has 0 amide bonds. The number of rotatable bonds is 6. The van der Waals surface area contributed by atoms with E-state index in [0.29, 0.717) is 19.8 Å². The van der Waals surface area contributed by atoms with E-state index in [1.54, 1.807) is 0 Å². The standard InChI is InChI=1S/C6H10ClO3/c1-2-9-3-4-10-5-6(7)8/h1-5H2. The van der Waals surface area contributed by atoms with Crippen molar-refractivity contribution in [2.75, 3.05) is 26.4 Å². The van der Waals surface area contributed by atoms with Gasteiger partial charge in [0.1, 0.15) is 6.61 Å².